The molecule has 0 aliphatic carbocycles. The summed E-state index contributed by atoms with van der Waals surface area (Å²) in [6.45, 7) is 4.62. The van der Waals surface area contributed by atoms with Crippen LogP contribution in [0.15, 0.2) is 49.1 Å². The summed E-state index contributed by atoms with van der Waals surface area (Å²) in [7, 11) is 0. The molecule has 1 heterocycles. The maximum atomic E-state index is 4.48. The highest BCUT2D eigenvalue weighted by atomic mass is 15.1. The Morgan fingerprint density at radius 1 is 0.489 bits per heavy atom. The summed E-state index contributed by atoms with van der Waals surface area (Å²) < 4.78 is 2.45. The average Bonchev–Trinajstić information content (AvgIpc) is 3.60. The molecule has 0 amide bonds. The van der Waals surface area contributed by atoms with Gasteiger partial charge >= 0.3 is 0 Å². The minimum atomic E-state index is 0.572. The minimum Gasteiger partial charge on any atom is -0.334 e. The van der Waals surface area contributed by atoms with Crippen molar-refractivity contribution in [3.63, 3.8) is 0 Å². The highest BCUT2D eigenvalue weighted by Gasteiger charge is 2.23. The molecule has 0 fully saturated rings. The van der Waals surface area contributed by atoms with E-state index in [0.29, 0.717) is 12.0 Å². The molecule has 258 valence electrons. The Labute approximate surface area is 282 Å². The van der Waals surface area contributed by atoms with Crippen LogP contribution in [0.3, 0.4) is 0 Å². The van der Waals surface area contributed by atoms with Crippen LogP contribution in [-0.2, 0) is 6.42 Å². The zero-order valence-electron chi connectivity index (χ0n) is 30.4. The fourth-order valence-electron chi connectivity index (χ4n) is 7.41. The lowest BCUT2D eigenvalue weighted by Gasteiger charge is -2.29. The van der Waals surface area contributed by atoms with Gasteiger partial charge in [-0.3, -0.25) is 0 Å². The number of nitrogens with zero attached hydrogens (tertiary/aromatic N) is 2. The van der Waals surface area contributed by atoms with Gasteiger partial charge in [0.15, 0.2) is 0 Å². The predicted molar refractivity (Wildman–Crippen MR) is 200 cm³/mol. The van der Waals surface area contributed by atoms with E-state index in [2.05, 4.69) is 66.3 Å². The molecule has 2 atom stereocenters. The third kappa shape index (κ3) is 21.8. The van der Waals surface area contributed by atoms with E-state index in [1.54, 1.807) is 0 Å². The molecule has 0 bridgehead atoms. The van der Waals surface area contributed by atoms with Crippen LogP contribution in [0.5, 0.6) is 0 Å². The van der Waals surface area contributed by atoms with E-state index in [1.807, 2.05) is 6.20 Å². The molecule has 2 heteroatoms. The van der Waals surface area contributed by atoms with E-state index in [0.717, 1.165) is 0 Å². The van der Waals surface area contributed by atoms with Crippen molar-refractivity contribution in [3.05, 3.63) is 54.6 Å². The Hall–Kier alpha value is -1.57. The zero-order chi connectivity index (χ0) is 31.9. The SMILES string of the molecule is CCCCCCCCCCCCCCCCCCCC(C(CCCCCCCCCCCC)Cc1ccccc1)n1ccnc1. The highest BCUT2D eigenvalue weighted by Crippen LogP contribution is 2.32. The van der Waals surface area contributed by atoms with Gasteiger partial charge in [0.2, 0.25) is 0 Å². The second-order valence-electron chi connectivity index (χ2n) is 14.4. The summed E-state index contributed by atoms with van der Waals surface area (Å²) in [6, 6.07) is 11.8. The number of aromatic nitrogens is 2. The van der Waals surface area contributed by atoms with E-state index in [1.165, 1.54) is 198 Å². The molecule has 0 aliphatic rings. The van der Waals surface area contributed by atoms with Crippen molar-refractivity contribution in [2.75, 3.05) is 0 Å². The molecule has 1 aromatic carbocycles. The lowest BCUT2D eigenvalue weighted by molar-refractivity contribution is 0.275. The number of rotatable bonds is 33. The monoisotopic (exact) mass is 621 g/mol. The molecule has 2 rings (SSSR count). The average molecular weight is 621 g/mol. The Morgan fingerprint density at radius 3 is 1.29 bits per heavy atom. The standard InChI is InChI=1S/C43H76N2/c1-3-5-7-9-11-13-15-16-17-18-19-20-21-23-25-27-32-36-43(45-38-37-44-40-45)42(39-41-33-29-28-30-34-41)35-31-26-24-22-14-12-10-8-6-4-2/h28-30,33-34,37-38,40,42-43H,3-27,31-32,35-36,39H2,1-2H3. The first-order valence-corrected chi connectivity index (χ1v) is 20.4. The van der Waals surface area contributed by atoms with Gasteiger partial charge in [0, 0.05) is 18.4 Å². The summed E-state index contributed by atoms with van der Waals surface area (Å²) in [5.74, 6) is 0.691. The van der Waals surface area contributed by atoms with Crippen LogP contribution < -0.4 is 0 Å². The molecule has 2 unspecified atom stereocenters. The van der Waals surface area contributed by atoms with Crippen LogP contribution in [0.2, 0.25) is 0 Å². The summed E-state index contributed by atoms with van der Waals surface area (Å²) in [5.41, 5.74) is 1.50. The van der Waals surface area contributed by atoms with E-state index < -0.39 is 0 Å². The lowest BCUT2D eigenvalue weighted by atomic mass is 9.84. The highest BCUT2D eigenvalue weighted by molar-refractivity contribution is 5.15. The van der Waals surface area contributed by atoms with Crippen LogP contribution >= 0.6 is 0 Å². The van der Waals surface area contributed by atoms with Crippen LogP contribution in [0.25, 0.3) is 0 Å². The Morgan fingerprint density at radius 2 is 0.889 bits per heavy atom. The van der Waals surface area contributed by atoms with Gasteiger partial charge in [-0.15, -0.1) is 0 Å². The Kier molecular flexibility index (Phi) is 26.2. The molecule has 0 spiro atoms. The van der Waals surface area contributed by atoms with Gasteiger partial charge in [0.05, 0.1) is 6.33 Å². The maximum Gasteiger partial charge on any atom is 0.0948 e. The van der Waals surface area contributed by atoms with E-state index in [-0.39, 0.29) is 0 Å². The molecule has 0 saturated heterocycles. The predicted octanol–water partition coefficient (Wildman–Crippen LogP) is 14.6. The van der Waals surface area contributed by atoms with Gasteiger partial charge in [0.25, 0.3) is 0 Å². The topological polar surface area (TPSA) is 17.8 Å². The van der Waals surface area contributed by atoms with Gasteiger partial charge in [-0.1, -0.05) is 218 Å². The van der Waals surface area contributed by atoms with Gasteiger partial charge < -0.3 is 4.57 Å². The third-order valence-corrected chi connectivity index (χ3v) is 10.3. The van der Waals surface area contributed by atoms with Crippen molar-refractivity contribution in [1.29, 1.82) is 0 Å². The normalized spacial score (nSPS) is 12.9. The van der Waals surface area contributed by atoms with Gasteiger partial charge in [-0.05, 0) is 30.7 Å². The molecule has 45 heavy (non-hydrogen) atoms. The summed E-state index contributed by atoms with van der Waals surface area (Å²) >= 11 is 0. The van der Waals surface area contributed by atoms with Gasteiger partial charge in [-0.2, -0.15) is 0 Å². The molecule has 0 N–H and O–H groups in total. The van der Waals surface area contributed by atoms with E-state index in [9.17, 15) is 0 Å². The Bertz CT molecular complexity index is 829. The van der Waals surface area contributed by atoms with Gasteiger partial charge in [-0.25, -0.2) is 4.98 Å². The maximum absolute atomic E-state index is 4.48. The number of benzene rings is 1. The fraction of sp³-hybridized carbons (Fsp3) is 0.791. The van der Waals surface area contributed by atoms with Crippen LogP contribution in [0, 0.1) is 5.92 Å². The first-order valence-electron chi connectivity index (χ1n) is 20.4. The quantitative estimate of drug-likeness (QED) is 0.0726. The number of imidazole rings is 1. The second kappa shape index (κ2) is 29.8. The van der Waals surface area contributed by atoms with Crippen molar-refractivity contribution in [1.82, 2.24) is 9.55 Å². The van der Waals surface area contributed by atoms with E-state index >= 15 is 0 Å². The van der Waals surface area contributed by atoms with Gasteiger partial charge in [0.1, 0.15) is 0 Å². The van der Waals surface area contributed by atoms with Crippen LogP contribution in [0.4, 0.5) is 0 Å². The lowest BCUT2D eigenvalue weighted by Crippen LogP contribution is -2.21. The second-order valence-corrected chi connectivity index (χ2v) is 14.4. The Balaban J connectivity index is 1.63. The third-order valence-electron chi connectivity index (χ3n) is 10.3. The molecule has 0 saturated carbocycles. The van der Waals surface area contributed by atoms with Crippen molar-refractivity contribution >= 4 is 0 Å². The fourth-order valence-corrected chi connectivity index (χ4v) is 7.41. The molecule has 2 aromatic rings. The number of hydrogen-bond acceptors (Lipinski definition) is 1. The van der Waals surface area contributed by atoms with Crippen molar-refractivity contribution in [2.45, 2.75) is 213 Å². The summed E-state index contributed by atoms with van der Waals surface area (Å²) in [6.07, 6.45) is 48.7. The minimum absolute atomic E-state index is 0.572. The van der Waals surface area contributed by atoms with E-state index in [4.69, 9.17) is 0 Å². The molecular formula is C43H76N2. The first kappa shape index (κ1) is 39.6. The first-order chi connectivity index (χ1) is 22.3. The molecule has 2 nitrogen and oxygen atoms in total. The van der Waals surface area contributed by atoms with Crippen molar-refractivity contribution in [3.8, 4) is 0 Å². The molecule has 0 aliphatic heterocycles. The smallest absolute Gasteiger partial charge is 0.0948 e. The molecule has 1 aromatic heterocycles. The number of hydrogen-bond donors (Lipinski definition) is 0. The summed E-state index contributed by atoms with van der Waals surface area (Å²) in [4.78, 5) is 4.48. The van der Waals surface area contributed by atoms with Crippen LogP contribution in [0.1, 0.15) is 212 Å². The van der Waals surface area contributed by atoms with Crippen LogP contribution in [-0.4, -0.2) is 9.55 Å². The van der Waals surface area contributed by atoms with Crippen molar-refractivity contribution < 1.29 is 0 Å². The molecule has 0 radical (unpaired) electrons. The summed E-state index contributed by atoms with van der Waals surface area (Å²) in [5, 5.41) is 0. The largest absolute Gasteiger partial charge is 0.334 e. The zero-order valence-corrected chi connectivity index (χ0v) is 30.4. The molecular weight excluding hydrogens is 544 g/mol. The van der Waals surface area contributed by atoms with Crippen molar-refractivity contribution in [2.24, 2.45) is 5.92 Å². The number of unbranched alkanes of at least 4 members (excludes halogenated alkanes) is 25.